The van der Waals surface area contributed by atoms with Crippen LogP contribution in [0.2, 0.25) is 0 Å². The highest BCUT2D eigenvalue weighted by atomic mass is 16.3. The summed E-state index contributed by atoms with van der Waals surface area (Å²) in [7, 11) is 0. The monoisotopic (exact) mass is 458 g/mol. The first kappa shape index (κ1) is 24.3. The molecule has 5 rings (SSSR count). The van der Waals surface area contributed by atoms with Gasteiger partial charge in [0.15, 0.2) is 0 Å². The van der Waals surface area contributed by atoms with E-state index in [2.05, 4.69) is 48.5 Å². The van der Waals surface area contributed by atoms with E-state index in [-0.39, 0.29) is 40.1 Å². The lowest BCUT2D eigenvalue weighted by Crippen LogP contribution is -2.72. The predicted molar refractivity (Wildman–Crippen MR) is 133 cm³/mol. The molecule has 0 aromatic heterocycles. The summed E-state index contributed by atoms with van der Waals surface area (Å²) in [5.74, 6) is 1.60. The van der Waals surface area contributed by atoms with Crippen LogP contribution in [0.3, 0.4) is 0 Å². The molecule has 2 N–H and O–H groups in total. The second-order valence-electron chi connectivity index (χ2n) is 15.3. The van der Waals surface area contributed by atoms with Crippen molar-refractivity contribution in [2.45, 2.75) is 119 Å². The molecule has 0 amide bonds. The summed E-state index contributed by atoms with van der Waals surface area (Å²) in [5.41, 5.74) is 0.415. The van der Waals surface area contributed by atoms with Gasteiger partial charge < -0.3 is 10.2 Å². The molecule has 5 fully saturated rings. The van der Waals surface area contributed by atoms with Crippen molar-refractivity contribution in [3.63, 3.8) is 0 Å². The van der Waals surface area contributed by atoms with E-state index in [4.69, 9.17) is 0 Å². The van der Waals surface area contributed by atoms with E-state index in [0.29, 0.717) is 34.9 Å². The number of hydrogen-bond acceptors (Lipinski definition) is 3. The molecule has 0 saturated heterocycles. The van der Waals surface area contributed by atoms with Crippen LogP contribution in [-0.2, 0) is 4.79 Å². The molecule has 33 heavy (non-hydrogen) atoms. The molecule has 5 aliphatic rings. The molecule has 5 saturated carbocycles. The molecular weight excluding hydrogens is 408 g/mol. The molecule has 10 atom stereocenters. The highest BCUT2D eigenvalue weighted by molar-refractivity contribution is 5.82. The molecule has 0 bridgehead atoms. The number of hydrogen-bond donors (Lipinski definition) is 2. The molecule has 0 heterocycles. The van der Waals surface area contributed by atoms with Crippen molar-refractivity contribution in [1.29, 1.82) is 0 Å². The van der Waals surface area contributed by atoms with Crippen LogP contribution in [0.5, 0.6) is 0 Å². The van der Waals surface area contributed by atoms with Crippen molar-refractivity contribution in [2.24, 2.45) is 56.2 Å². The lowest BCUT2D eigenvalue weighted by Gasteiger charge is -2.75. The zero-order valence-electron chi connectivity index (χ0n) is 22.5. The Hall–Kier alpha value is -0.410. The Morgan fingerprint density at radius 1 is 0.848 bits per heavy atom. The Morgan fingerprint density at radius 2 is 1.52 bits per heavy atom. The number of carbonyl (C=O) groups excluding carboxylic acids is 1. The fraction of sp³-hybridized carbons (Fsp3) is 0.967. The van der Waals surface area contributed by atoms with Gasteiger partial charge in [-0.1, -0.05) is 48.5 Å². The Morgan fingerprint density at radius 3 is 2.18 bits per heavy atom. The molecule has 5 aliphatic carbocycles. The fourth-order valence-electron chi connectivity index (χ4n) is 11.4. The van der Waals surface area contributed by atoms with Crippen molar-refractivity contribution < 1.29 is 15.0 Å². The Bertz CT molecular complexity index is 834. The van der Waals surface area contributed by atoms with E-state index < -0.39 is 6.10 Å². The van der Waals surface area contributed by atoms with E-state index in [1.54, 1.807) is 0 Å². The van der Waals surface area contributed by atoms with Crippen LogP contribution in [0.25, 0.3) is 0 Å². The van der Waals surface area contributed by atoms with Crippen LogP contribution < -0.4 is 0 Å². The summed E-state index contributed by atoms with van der Waals surface area (Å²) < 4.78 is 0. The fourth-order valence-corrected chi connectivity index (χ4v) is 11.4. The molecule has 0 spiro atoms. The van der Waals surface area contributed by atoms with Crippen LogP contribution in [0.1, 0.15) is 113 Å². The van der Waals surface area contributed by atoms with Crippen molar-refractivity contribution in [3.8, 4) is 0 Å². The minimum Gasteiger partial charge on any atom is -0.396 e. The number of Topliss-reactive ketones (excluding diaryl/α,β-unsaturated/α-hetero) is 1. The molecule has 10 unspecified atom stereocenters. The topological polar surface area (TPSA) is 57.5 Å². The van der Waals surface area contributed by atoms with Crippen LogP contribution in [0.4, 0.5) is 0 Å². The first-order chi connectivity index (χ1) is 15.2. The second kappa shape index (κ2) is 7.09. The lowest BCUT2D eigenvalue weighted by molar-refractivity contribution is -0.296. The van der Waals surface area contributed by atoms with Crippen LogP contribution in [0, 0.1) is 56.2 Å². The molecule has 3 nitrogen and oxygen atoms in total. The summed E-state index contributed by atoms with van der Waals surface area (Å²) in [4.78, 5) is 12.8. The Kier molecular flexibility index (Phi) is 5.22. The molecular formula is C30H50O3. The molecule has 188 valence electrons. The van der Waals surface area contributed by atoms with Gasteiger partial charge in [0, 0.05) is 24.4 Å². The van der Waals surface area contributed by atoms with Gasteiger partial charge in [-0.25, -0.2) is 0 Å². The maximum atomic E-state index is 12.8. The first-order valence-electron chi connectivity index (χ1n) is 14.0. The number of carbonyl (C=O) groups is 1. The van der Waals surface area contributed by atoms with Crippen LogP contribution in [0.15, 0.2) is 0 Å². The van der Waals surface area contributed by atoms with Gasteiger partial charge in [0.2, 0.25) is 0 Å². The molecule has 0 aliphatic heterocycles. The van der Waals surface area contributed by atoms with Gasteiger partial charge in [-0.2, -0.15) is 0 Å². The van der Waals surface area contributed by atoms with Gasteiger partial charge in [-0.3, -0.25) is 4.79 Å². The number of ketones is 1. The van der Waals surface area contributed by atoms with Crippen LogP contribution in [-0.4, -0.2) is 28.7 Å². The number of aliphatic hydroxyl groups is 2. The normalized spacial score (nSPS) is 58.0. The van der Waals surface area contributed by atoms with Gasteiger partial charge in [-0.05, 0) is 103 Å². The highest BCUT2D eigenvalue weighted by Gasteiger charge is 2.74. The van der Waals surface area contributed by atoms with Crippen molar-refractivity contribution in [1.82, 2.24) is 0 Å². The van der Waals surface area contributed by atoms with E-state index in [1.807, 2.05) is 0 Å². The smallest absolute Gasteiger partial charge is 0.136 e. The SMILES string of the molecule is CC1C(=O)CCC2C1(C)CC(O)C1C2(C)CCC2(C)C3CC(C)(C)CCC3(C)CCC12CO. The van der Waals surface area contributed by atoms with Gasteiger partial charge in [0.1, 0.15) is 5.78 Å². The predicted octanol–water partition coefficient (Wildman–Crippen LogP) is 6.40. The van der Waals surface area contributed by atoms with Crippen molar-refractivity contribution >= 4 is 5.78 Å². The number of aliphatic hydroxyl groups excluding tert-OH is 2. The summed E-state index contributed by atoms with van der Waals surface area (Å²) in [6.45, 7) is 17.0. The highest BCUT2D eigenvalue weighted by Crippen LogP contribution is 2.78. The summed E-state index contributed by atoms with van der Waals surface area (Å²) >= 11 is 0. The Labute approximate surface area is 202 Å². The van der Waals surface area contributed by atoms with Gasteiger partial charge in [0.25, 0.3) is 0 Å². The largest absolute Gasteiger partial charge is 0.396 e. The third kappa shape index (κ3) is 2.90. The lowest BCUT2D eigenvalue weighted by atomic mass is 9.29. The zero-order valence-corrected chi connectivity index (χ0v) is 22.5. The standard InChI is InChI=1S/C30H50O3/c1-19-20(32)8-9-22-27(5)13-14-29(7)23-17-25(2,3)10-11-26(23,4)12-15-30(29,18-31)24(27)21(33)16-28(19,22)6/h19,21-24,31,33H,8-18H2,1-7H3. The first-order valence-corrected chi connectivity index (χ1v) is 14.0. The number of rotatable bonds is 1. The van der Waals surface area contributed by atoms with Crippen LogP contribution >= 0.6 is 0 Å². The maximum absolute atomic E-state index is 12.8. The average Bonchev–Trinajstić information content (AvgIpc) is 2.73. The Balaban J connectivity index is 1.62. The van der Waals surface area contributed by atoms with E-state index in [9.17, 15) is 15.0 Å². The van der Waals surface area contributed by atoms with Crippen molar-refractivity contribution in [3.05, 3.63) is 0 Å². The molecule has 3 heteroatoms. The van der Waals surface area contributed by atoms with Gasteiger partial charge >= 0.3 is 0 Å². The van der Waals surface area contributed by atoms with E-state index in [1.165, 1.54) is 25.7 Å². The maximum Gasteiger partial charge on any atom is 0.136 e. The minimum absolute atomic E-state index is 0.0124. The zero-order chi connectivity index (χ0) is 24.2. The molecule has 0 aromatic rings. The molecule has 0 radical (unpaired) electrons. The third-order valence-corrected chi connectivity index (χ3v) is 13.6. The van der Waals surface area contributed by atoms with E-state index >= 15 is 0 Å². The number of fused-ring (bicyclic) bond motifs is 7. The van der Waals surface area contributed by atoms with Crippen molar-refractivity contribution in [2.75, 3.05) is 6.61 Å². The minimum atomic E-state index is -0.433. The van der Waals surface area contributed by atoms with E-state index in [0.717, 1.165) is 32.1 Å². The second-order valence-corrected chi connectivity index (χ2v) is 15.3. The summed E-state index contributed by atoms with van der Waals surface area (Å²) in [5, 5.41) is 23.3. The molecule has 0 aromatic carbocycles. The van der Waals surface area contributed by atoms with Gasteiger partial charge in [-0.15, -0.1) is 0 Å². The summed E-state index contributed by atoms with van der Waals surface area (Å²) in [6.07, 6.45) is 10.3. The summed E-state index contributed by atoms with van der Waals surface area (Å²) in [6, 6.07) is 0. The average molecular weight is 459 g/mol. The third-order valence-electron chi connectivity index (χ3n) is 13.6. The van der Waals surface area contributed by atoms with Gasteiger partial charge in [0.05, 0.1) is 6.10 Å². The quantitative estimate of drug-likeness (QED) is 0.478.